The third-order valence-corrected chi connectivity index (χ3v) is 8.37. The van der Waals surface area contributed by atoms with Gasteiger partial charge in [0, 0.05) is 18.6 Å². The largest absolute Gasteiger partial charge is 0.439 e. The van der Waals surface area contributed by atoms with Gasteiger partial charge in [-0.2, -0.15) is 0 Å². The highest BCUT2D eigenvalue weighted by Crippen LogP contribution is 2.47. The Morgan fingerprint density at radius 1 is 0.938 bits per heavy atom. The average Bonchev–Trinajstić information content (AvgIpc) is 3.23. The summed E-state index contributed by atoms with van der Waals surface area (Å²) in [6.45, 7) is 1.20. The molecular weight excluding hydrogens is 438 g/mol. The second kappa shape index (κ2) is 7.72. The monoisotopic (exact) mass is 461 g/mol. The highest BCUT2D eigenvalue weighted by molar-refractivity contribution is 8.00. The number of nitrogens with zero attached hydrogens (tertiary/aromatic N) is 3. The molecule has 0 aromatic rings. The zero-order valence-corrected chi connectivity index (χ0v) is 18.4. The van der Waals surface area contributed by atoms with Crippen molar-refractivity contribution in [2.75, 3.05) is 12.5 Å². The fourth-order valence-corrected chi connectivity index (χ4v) is 6.60. The maximum Gasteiger partial charge on any atom is 0.356 e. The van der Waals surface area contributed by atoms with Gasteiger partial charge >= 0.3 is 5.97 Å². The molecule has 4 aliphatic heterocycles. The number of esters is 1. The van der Waals surface area contributed by atoms with Gasteiger partial charge in [0.2, 0.25) is 23.6 Å². The van der Waals surface area contributed by atoms with E-state index >= 15 is 0 Å². The predicted molar refractivity (Wildman–Crippen MR) is 109 cm³/mol. The minimum atomic E-state index is -0.914. The van der Waals surface area contributed by atoms with Crippen LogP contribution >= 0.6 is 11.8 Å². The van der Waals surface area contributed by atoms with Gasteiger partial charge in [-0.25, -0.2) is 9.69 Å². The van der Waals surface area contributed by atoms with Crippen LogP contribution in [0.5, 0.6) is 0 Å². The van der Waals surface area contributed by atoms with Crippen LogP contribution in [-0.4, -0.2) is 74.1 Å². The lowest BCUT2D eigenvalue weighted by molar-refractivity contribution is -0.165. The molecule has 3 saturated heterocycles. The fraction of sp³-hybridized carbons (Fsp3) is 0.619. The molecule has 32 heavy (non-hydrogen) atoms. The van der Waals surface area contributed by atoms with Gasteiger partial charge in [0.1, 0.15) is 17.1 Å². The number of hydrogen-bond acceptors (Lipinski definition) is 8. The second-order valence-corrected chi connectivity index (χ2v) is 9.91. The Bertz CT molecular complexity index is 952. The maximum absolute atomic E-state index is 13.1. The van der Waals surface area contributed by atoms with Crippen LogP contribution in [0.4, 0.5) is 0 Å². The van der Waals surface area contributed by atoms with Crippen LogP contribution in [0.3, 0.4) is 0 Å². The number of β-lactam (4-membered cyclic amide) rings is 1. The van der Waals surface area contributed by atoms with E-state index in [9.17, 15) is 28.8 Å². The molecule has 0 bridgehead atoms. The molecule has 3 unspecified atom stereocenters. The minimum Gasteiger partial charge on any atom is -0.439 e. The van der Waals surface area contributed by atoms with Gasteiger partial charge in [-0.05, 0) is 25.3 Å². The van der Waals surface area contributed by atoms with Crippen LogP contribution < -0.4 is 0 Å². The van der Waals surface area contributed by atoms with E-state index in [0.717, 1.165) is 22.6 Å². The number of hydrogen-bond donors (Lipinski definition) is 0. The molecule has 5 rings (SSSR count). The standard InChI is InChI=1S/C21H23N3O7S/c1-10-8-32-20-16(23-17(27)11-4-2-3-5-12(11)18(23)28)19(29)24(20)15(10)21(30)31-9-22-13(25)6-7-14(22)26/h11-12,16,20H,2-9H2,1H3/t11?,12?,16?,20-/m0/s1. The first-order chi connectivity index (χ1) is 15.3. The molecular formula is C21H23N3O7S. The SMILES string of the molecule is CC1=C(C(=O)OCN2C(=O)CCC2=O)N2C(=O)C(N3C(=O)C4CCCCC4C3=O)[C@@H]2SC1. The lowest BCUT2D eigenvalue weighted by Gasteiger charge is -2.51. The number of amides is 5. The van der Waals surface area contributed by atoms with E-state index in [4.69, 9.17) is 4.74 Å². The number of rotatable bonds is 4. The Labute approximate surface area is 188 Å². The van der Waals surface area contributed by atoms with Crippen molar-refractivity contribution in [3.63, 3.8) is 0 Å². The maximum atomic E-state index is 13.1. The lowest BCUT2D eigenvalue weighted by Crippen LogP contribution is -2.71. The first-order valence-corrected chi connectivity index (χ1v) is 11.9. The molecule has 11 heteroatoms. The zero-order valence-electron chi connectivity index (χ0n) is 17.6. The third kappa shape index (κ3) is 3.01. The molecule has 170 valence electrons. The molecule has 4 heterocycles. The summed E-state index contributed by atoms with van der Waals surface area (Å²) in [4.78, 5) is 78.6. The summed E-state index contributed by atoms with van der Waals surface area (Å²) in [7, 11) is 0. The van der Waals surface area contributed by atoms with E-state index in [2.05, 4.69) is 0 Å². The molecule has 4 fully saturated rings. The first kappa shape index (κ1) is 21.2. The molecule has 0 N–H and O–H groups in total. The molecule has 0 aromatic heterocycles. The second-order valence-electron chi connectivity index (χ2n) is 8.80. The summed E-state index contributed by atoms with van der Waals surface area (Å²) in [5.74, 6) is -2.91. The van der Waals surface area contributed by atoms with Crippen molar-refractivity contribution < 1.29 is 33.5 Å². The third-order valence-electron chi connectivity index (χ3n) is 6.96. The Balaban J connectivity index is 1.32. The lowest BCUT2D eigenvalue weighted by atomic mass is 9.81. The van der Waals surface area contributed by atoms with E-state index in [1.54, 1.807) is 6.92 Å². The number of ether oxygens (including phenoxy) is 1. The molecule has 5 aliphatic rings. The Morgan fingerprint density at radius 2 is 1.53 bits per heavy atom. The van der Waals surface area contributed by atoms with Crippen molar-refractivity contribution in [1.82, 2.24) is 14.7 Å². The number of carbonyl (C=O) groups excluding carboxylic acids is 6. The van der Waals surface area contributed by atoms with E-state index in [-0.39, 0.29) is 42.2 Å². The number of carbonyl (C=O) groups is 6. The van der Waals surface area contributed by atoms with Gasteiger partial charge in [0.05, 0.1) is 11.8 Å². The van der Waals surface area contributed by atoms with E-state index in [1.165, 1.54) is 16.7 Å². The summed E-state index contributed by atoms with van der Waals surface area (Å²) in [5.41, 5.74) is 0.681. The number of thioether (sulfide) groups is 1. The van der Waals surface area contributed by atoms with E-state index in [1.807, 2.05) is 0 Å². The number of fused-ring (bicyclic) bond motifs is 2. The van der Waals surface area contributed by atoms with Crippen LogP contribution in [0.15, 0.2) is 11.3 Å². The van der Waals surface area contributed by atoms with Crippen molar-refractivity contribution in [1.29, 1.82) is 0 Å². The number of likely N-dealkylation sites (tertiary alicyclic amines) is 2. The molecule has 10 nitrogen and oxygen atoms in total. The predicted octanol–water partition coefficient (Wildman–Crippen LogP) is 0.369. The smallest absolute Gasteiger partial charge is 0.356 e. The van der Waals surface area contributed by atoms with Crippen molar-refractivity contribution in [2.24, 2.45) is 11.8 Å². The van der Waals surface area contributed by atoms with Crippen LogP contribution in [0.2, 0.25) is 0 Å². The Morgan fingerprint density at radius 3 is 2.12 bits per heavy atom. The summed E-state index contributed by atoms with van der Waals surface area (Å²) < 4.78 is 5.19. The van der Waals surface area contributed by atoms with Gasteiger partial charge in [-0.15, -0.1) is 11.8 Å². The molecule has 0 spiro atoms. The normalized spacial score (nSPS) is 32.4. The van der Waals surface area contributed by atoms with Crippen LogP contribution in [-0.2, 0) is 33.5 Å². The molecule has 4 atom stereocenters. The Hall–Kier alpha value is -2.69. The molecule has 5 amide bonds. The summed E-state index contributed by atoms with van der Waals surface area (Å²) in [6.07, 6.45) is 3.30. The summed E-state index contributed by atoms with van der Waals surface area (Å²) in [6, 6.07) is -0.914. The molecule has 0 radical (unpaired) electrons. The van der Waals surface area contributed by atoms with Crippen LogP contribution in [0, 0.1) is 11.8 Å². The average molecular weight is 461 g/mol. The number of imide groups is 2. The highest BCUT2D eigenvalue weighted by Gasteiger charge is 2.62. The van der Waals surface area contributed by atoms with Crippen molar-refractivity contribution in [3.8, 4) is 0 Å². The van der Waals surface area contributed by atoms with Gasteiger partial charge in [0.25, 0.3) is 5.91 Å². The van der Waals surface area contributed by atoms with Gasteiger partial charge in [-0.3, -0.25) is 33.8 Å². The van der Waals surface area contributed by atoms with Crippen LogP contribution in [0.1, 0.15) is 45.4 Å². The van der Waals surface area contributed by atoms with Crippen LogP contribution in [0.25, 0.3) is 0 Å². The first-order valence-electron chi connectivity index (χ1n) is 10.8. The fourth-order valence-electron chi connectivity index (χ4n) is 5.27. The van der Waals surface area contributed by atoms with Gasteiger partial charge < -0.3 is 4.74 Å². The highest BCUT2D eigenvalue weighted by atomic mass is 32.2. The van der Waals surface area contributed by atoms with Gasteiger partial charge in [-0.1, -0.05) is 12.8 Å². The molecule has 1 saturated carbocycles. The molecule has 0 aromatic carbocycles. The minimum absolute atomic E-state index is 0.0607. The topological polar surface area (TPSA) is 121 Å². The quantitative estimate of drug-likeness (QED) is 0.334. The van der Waals surface area contributed by atoms with Gasteiger partial charge in [0.15, 0.2) is 6.73 Å². The summed E-state index contributed by atoms with van der Waals surface area (Å²) in [5, 5.41) is -0.545. The zero-order chi connectivity index (χ0) is 22.7. The summed E-state index contributed by atoms with van der Waals surface area (Å²) >= 11 is 1.40. The Kier molecular flexibility index (Phi) is 5.11. The van der Waals surface area contributed by atoms with E-state index < -0.39 is 41.8 Å². The van der Waals surface area contributed by atoms with Crippen molar-refractivity contribution >= 4 is 47.3 Å². The van der Waals surface area contributed by atoms with E-state index in [0.29, 0.717) is 24.2 Å². The van der Waals surface area contributed by atoms with Crippen molar-refractivity contribution in [3.05, 3.63) is 11.3 Å². The van der Waals surface area contributed by atoms with Crippen molar-refractivity contribution in [2.45, 2.75) is 56.9 Å². The molecule has 1 aliphatic carbocycles.